The third kappa shape index (κ3) is 5.96. The van der Waals surface area contributed by atoms with E-state index in [-0.39, 0.29) is 5.97 Å². The van der Waals surface area contributed by atoms with Crippen LogP contribution in [0.15, 0.2) is 12.2 Å². The lowest BCUT2D eigenvalue weighted by Gasteiger charge is -2.08. The van der Waals surface area contributed by atoms with E-state index in [0.29, 0.717) is 12.5 Å². The molecule has 0 fully saturated rings. The molecule has 2 heteroatoms. The third-order valence-corrected chi connectivity index (χ3v) is 1.67. The van der Waals surface area contributed by atoms with E-state index in [1.807, 2.05) is 0 Å². The van der Waals surface area contributed by atoms with Crippen molar-refractivity contribution in [3.8, 4) is 0 Å². The zero-order valence-corrected chi connectivity index (χ0v) is 8.17. The first kappa shape index (κ1) is 11.2. The Kier molecular flexibility index (Phi) is 6.44. The van der Waals surface area contributed by atoms with Crippen molar-refractivity contribution in [2.75, 3.05) is 6.61 Å². The van der Waals surface area contributed by atoms with Crippen LogP contribution in [-0.4, -0.2) is 12.6 Å². The van der Waals surface area contributed by atoms with Gasteiger partial charge >= 0.3 is 5.97 Å². The highest BCUT2D eigenvalue weighted by atomic mass is 16.5. The zero-order chi connectivity index (χ0) is 9.40. The van der Waals surface area contributed by atoms with Crippen LogP contribution < -0.4 is 0 Å². The fourth-order valence-electron chi connectivity index (χ4n) is 0.862. The van der Waals surface area contributed by atoms with Crippen molar-refractivity contribution in [1.82, 2.24) is 0 Å². The highest BCUT2D eigenvalue weighted by Crippen LogP contribution is 2.05. The predicted octanol–water partition coefficient (Wildman–Crippen LogP) is 2.54. The van der Waals surface area contributed by atoms with Gasteiger partial charge in [-0.15, -0.1) is 0 Å². The average molecular weight is 170 g/mol. The second-order valence-electron chi connectivity index (χ2n) is 2.81. The van der Waals surface area contributed by atoms with Gasteiger partial charge in [0.25, 0.3) is 0 Å². The molecule has 0 radical (unpaired) electrons. The largest absolute Gasteiger partial charge is 0.465 e. The predicted molar refractivity (Wildman–Crippen MR) is 49.8 cm³/mol. The van der Waals surface area contributed by atoms with Crippen LogP contribution in [0.5, 0.6) is 0 Å². The molecule has 0 rings (SSSR count). The summed E-state index contributed by atoms with van der Waals surface area (Å²) in [6, 6.07) is 0. The third-order valence-electron chi connectivity index (χ3n) is 1.67. The Bertz CT molecular complexity index is 150. The summed E-state index contributed by atoms with van der Waals surface area (Å²) in [4.78, 5) is 10.5. The number of esters is 1. The Labute approximate surface area is 74.6 Å². The number of hydrogen-bond acceptors (Lipinski definition) is 2. The summed E-state index contributed by atoms with van der Waals surface area (Å²) >= 11 is 0. The summed E-state index contributed by atoms with van der Waals surface area (Å²) in [6.07, 6.45) is 6.28. The second kappa shape index (κ2) is 6.89. The molecule has 0 amide bonds. The molecule has 0 bridgehead atoms. The SMILES string of the molecule is CC/C=C\C(CC)COC(C)=O. The van der Waals surface area contributed by atoms with E-state index < -0.39 is 0 Å². The van der Waals surface area contributed by atoms with Crippen molar-refractivity contribution >= 4 is 5.97 Å². The minimum Gasteiger partial charge on any atom is -0.465 e. The van der Waals surface area contributed by atoms with Gasteiger partial charge in [0.05, 0.1) is 6.61 Å². The molecule has 0 aromatic heterocycles. The Morgan fingerprint density at radius 2 is 2.17 bits per heavy atom. The Hall–Kier alpha value is -0.790. The Morgan fingerprint density at radius 1 is 1.50 bits per heavy atom. The first-order valence-corrected chi connectivity index (χ1v) is 4.50. The van der Waals surface area contributed by atoms with E-state index in [0.717, 1.165) is 12.8 Å². The molecular formula is C10H18O2. The number of carbonyl (C=O) groups is 1. The monoisotopic (exact) mass is 170 g/mol. The summed E-state index contributed by atoms with van der Waals surface area (Å²) < 4.78 is 4.90. The number of carbonyl (C=O) groups excluding carboxylic acids is 1. The van der Waals surface area contributed by atoms with Crippen molar-refractivity contribution in [3.05, 3.63) is 12.2 Å². The summed E-state index contributed by atoms with van der Waals surface area (Å²) in [5, 5.41) is 0. The van der Waals surface area contributed by atoms with Crippen LogP contribution in [0, 0.1) is 5.92 Å². The average Bonchev–Trinajstić information content (AvgIpc) is 2.05. The number of hydrogen-bond donors (Lipinski definition) is 0. The minimum absolute atomic E-state index is 0.196. The van der Waals surface area contributed by atoms with E-state index >= 15 is 0 Å². The van der Waals surface area contributed by atoms with Gasteiger partial charge in [-0.1, -0.05) is 26.0 Å². The first-order chi connectivity index (χ1) is 5.70. The van der Waals surface area contributed by atoms with Crippen molar-refractivity contribution in [3.63, 3.8) is 0 Å². The van der Waals surface area contributed by atoms with Gasteiger partial charge in [-0.25, -0.2) is 0 Å². The van der Waals surface area contributed by atoms with Crippen LogP contribution in [0.2, 0.25) is 0 Å². The van der Waals surface area contributed by atoms with Gasteiger partial charge in [0.1, 0.15) is 0 Å². The van der Waals surface area contributed by atoms with Gasteiger partial charge < -0.3 is 4.74 Å². The van der Waals surface area contributed by atoms with Gasteiger partial charge in [0.15, 0.2) is 0 Å². The molecular weight excluding hydrogens is 152 g/mol. The normalized spacial score (nSPS) is 13.2. The zero-order valence-electron chi connectivity index (χ0n) is 8.17. The Morgan fingerprint density at radius 3 is 2.58 bits per heavy atom. The lowest BCUT2D eigenvalue weighted by Crippen LogP contribution is -2.09. The smallest absolute Gasteiger partial charge is 0.302 e. The van der Waals surface area contributed by atoms with Crippen LogP contribution in [0.25, 0.3) is 0 Å². The molecule has 12 heavy (non-hydrogen) atoms. The molecule has 0 heterocycles. The van der Waals surface area contributed by atoms with Gasteiger partial charge in [-0.05, 0) is 12.8 Å². The highest BCUT2D eigenvalue weighted by Gasteiger charge is 2.02. The van der Waals surface area contributed by atoms with Gasteiger partial charge in [-0.3, -0.25) is 4.79 Å². The van der Waals surface area contributed by atoms with E-state index in [9.17, 15) is 4.79 Å². The highest BCUT2D eigenvalue weighted by molar-refractivity contribution is 5.65. The first-order valence-electron chi connectivity index (χ1n) is 4.50. The molecule has 0 aromatic rings. The Balaban J connectivity index is 3.67. The maximum absolute atomic E-state index is 10.5. The quantitative estimate of drug-likeness (QED) is 0.468. The second-order valence-corrected chi connectivity index (χ2v) is 2.81. The minimum atomic E-state index is -0.196. The van der Waals surface area contributed by atoms with Crippen molar-refractivity contribution in [2.24, 2.45) is 5.92 Å². The lowest BCUT2D eigenvalue weighted by molar-refractivity contribution is -0.141. The van der Waals surface area contributed by atoms with Crippen LogP contribution in [-0.2, 0) is 9.53 Å². The van der Waals surface area contributed by atoms with Crippen molar-refractivity contribution < 1.29 is 9.53 Å². The van der Waals surface area contributed by atoms with Gasteiger partial charge in [-0.2, -0.15) is 0 Å². The fourth-order valence-corrected chi connectivity index (χ4v) is 0.862. The summed E-state index contributed by atoms with van der Waals surface area (Å²) in [5.41, 5.74) is 0. The van der Waals surface area contributed by atoms with Crippen LogP contribution >= 0.6 is 0 Å². The van der Waals surface area contributed by atoms with Crippen LogP contribution in [0.3, 0.4) is 0 Å². The molecule has 2 nitrogen and oxygen atoms in total. The van der Waals surface area contributed by atoms with Crippen LogP contribution in [0.4, 0.5) is 0 Å². The molecule has 70 valence electrons. The molecule has 1 unspecified atom stereocenters. The molecule has 0 saturated heterocycles. The van der Waals surface area contributed by atoms with Crippen LogP contribution in [0.1, 0.15) is 33.6 Å². The molecule has 0 N–H and O–H groups in total. The molecule has 0 aliphatic heterocycles. The molecule has 0 saturated carbocycles. The van der Waals surface area contributed by atoms with Gasteiger partial charge in [0, 0.05) is 12.8 Å². The van der Waals surface area contributed by atoms with Gasteiger partial charge in [0.2, 0.25) is 0 Å². The molecule has 0 spiro atoms. The summed E-state index contributed by atoms with van der Waals surface area (Å²) in [7, 11) is 0. The molecule has 0 aromatic carbocycles. The van der Waals surface area contributed by atoms with E-state index in [1.165, 1.54) is 6.92 Å². The lowest BCUT2D eigenvalue weighted by atomic mass is 10.1. The number of ether oxygens (including phenoxy) is 1. The fraction of sp³-hybridized carbons (Fsp3) is 0.700. The maximum atomic E-state index is 10.5. The topological polar surface area (TPSA) is 26.3 Å². The standard InChI is InChI=1S/C10H18O2/c1-4-6-7-10(5-2)8-12-9(3)11/h6-7,10H,4-5,8H2,1-3H3/b7-6-. The summed E-state index contributed by atoms with van der Waals surface area (Å²) in [5.74, 6) is 0.187. The van der Waals surface area contributed by atoms with Crippen molar-refractivity contribution in [1.29, 1.82) is 0 Å². The molecule has 0 aliphatic rings. The summed E-state index contributed by atoms with van der Waals surface area (Å²) in [6.45, 7) is 6.14. The van der Waals surface area contributed by atoms with E-state index in [2.05, 4.69) is 26.0 Å². The maximum Gasteiger partial charge on any atom is 0.302 e. The molecule has 1 atom stereocenters. The van der Waals surface area contributed by atoms with E-state index in [4.69, 9.17) is 4.74 Å². The molecule has 0 aliphatic carbocycles. The van der Waals surface area contributed by atoms with E-state index in [1.54, 1.807) is 0 Å². The van der Waals surface area contributed by atoms with Crippen molar-refractivity contribution in [2.45, 2.75) is 33.6 Å². The number of rotatable bonds is 5. The number of allylic oxidation sites excluding steroid dienone is 1.